The Kier molecular flexibility index (Phi) is 7.68. The Morgan fingerprint density at radius 1 is 1.33 bits per heavy atom. The molecule has 1 fully saturated rings. The van der Waals surface area contributed by atoms with Crippen LogP contribution in [0.2, 0.25) is 0 Å². The van der Waals surface area contributed by atoms with Crippen molar-refractivity contribution in [1.29, 1.82) is 5.26 Å². The summed E-state index contributed by atoms with van der Waals surface area (Å²) in [7, 11) is 1.49. The van der Waals surface area contributed by atoms with Gasteiger partial charge >= 0.3 is 5.97 Å². The molecule has 0 radical (unpaired) electrons. The van der Waals surface area contributed by atoms with Crippen molar-refractivity contribution in [3.8, 4) is 17.6 Å². The van der Waals surface area contributed by atoms with Gasteiger partial charge in [0.1, 0.15) is 6.07 Å². The van der Waals surface area contributed by atoms with Crippen LogP contribution >= 0.6 is 0 Å². The van der Waals surface area contributed by atoms with Gasteiger partial charge in [-0.15, -0.1) is 0 Å². The second-order valence-corrected chi connectivity index (χ2v) is 6.23. The van der Waals surface area contributed by atoms with Crippen LogP contribution in [0.3, 0.4) is 0 Å². The number of benzene rings is 1. The number of esters is 1. The maximum atomic E-state index is 12.2. The molecule has 1 aliphatic rings. The number of carbonyl (C=O) groups is 2. The molecule has 0 spiro atoms. The normalized spacial score (nSPS) is 16.6. The third-order valence-corrected chi connectivity index (χ3v) is 4.35. The molecule has 0 aromatic heterocycles. The van der Waals surface area contributed by atoms with Crippen molar-refractivity contribution >= 4 is 18.0 Å². The zero-order chi connectivity index (χ0) is 19.6. The number of nitriles is 1. The molecule has 7 heteroatoms. The fourth-order valence-electron chi connectivity index (χ4n) is 2.91. The van der Waals surface area contributed by atoms with Crippen LogP contribution in [-0.4, -0.2) is 49.7 Å². The molecule has 0 aliphatic carbocycles. The summed E-state index contributed by atoms with van der Waals surface area (Å²) in [6.45, 7) is 2.39. The smallest absolute Gasteiger partial charge is 0.331 e. The third-order valence-electron chi connectivity index (χ3n) is 4.35. The second-order valence-electron chi connectivity index (χ2n) is 6.23. The minimum absolute atomic E-state index is 0.0818. The summed E-state index contributed by atoms with van der Waals surface area (Å²) in [5.41, 5.74) is 0.698. The number of nitrogens with zero attached hydrogens (tertiary/aromatic N) is 2. The first-order valence-electron chi connectivity index (χ1n) is 8.87. The summed E-state index contributed by atoms with van der Waals surface area (Å²) in [6, 6.07) is 7.13. The van der Waals surface area contributed by atoms with Crippen LogP contribution in [0.25, 0.3) is 6.08 Å². The van der Waals surface area contributed by atoms with Gasteiger partial charge in [-0.2, -0.15) is 5.26 Å². The molecule has 1 aromatic carbocycles. The van der Waals surface area contributed by atoms with E-state index in [0.717, 1.165) is 19.3 Å². The highest BCUT2D eigenvalue weighted by Crippen LogP contribution is 2.28. The fourth-order valence-corrected chi connectivity index (χ4v) is 2.91. The van der Waals surface area contributed by atoms with E-state index in [9.17, 15) is 9.59 Å². The van der Waals surface area contributed by atoms with Crippen molar-refractivity contribution in [1.82, 2.24) is 4.90 Å². The molecule has 1 atom stereocenters. The number of likely N-dealkylation sites (tertiary alicyclic amines) is 1. The van der Waals surface area contributed by atoms with Gasteiger partial charge in [0.05, 0.1) is 7.11 Å². The van der Waals surface area contributed by atoms with E-state index in [1.165, 1.54) is 13.2 Å². The van der Waals surface area contributed by atoms with Crippen LogP contribution in [0.4, 0.5) is 0 Å². The highest BCUT2D eigenvalue weighted by molar-refractivity contribution is 5.89. The fraction of sp³-hybridized carbons (Fsp3) is 0.450. The Morgan fingerprint density at radius 3 is 2.85 bits per heavy atom. The van der Waals surface area contributed by atoms with Gasteiger partial charge in [-0.1, -0.05) is 6.07 Å². The SMILES string of the molecule is COc1cc(/C=C/C(=O)OCC(=O)N2CCCC[C@H]2C)ccc1OCC#N. The van der Waals surface area contributed by atoms with E-state index < -0.39 is 5.97 Å². The lowest BCUT2D eigenvalue weighted by atomic mass is 10.0. The van der Waals surface area contributed by atoms with Crippen molar-refractivity contribution in [2.45, 2.75) is 32.2 Å². The van der Waals surface area contributed by atoms with Crippen LogP contribution in [0.15, 0.2) is 24.3 Å². The molecular weight excluding hydrogens is 348 g/mol. The van der Waals surface area contributed by atoms with Crippen molar-refractivity contribution < 1.29 is 23.8 Å². The van der Waals surface area contributed by atoms with Gasteiger partial charge < -0.3 is 19.1 Å². The van der Waals surface area contributed by atoms with Gasteiger partial charge in [0.2, 0.25) is 0 Å². The van der Waals surface area contributed by atoms with Gasteiger partial charge in [-0.25, -0.2) is 4.79 Å². The lowest BCUT2D eigenvalue weighted by Gasteiger charge is -2.33. The summed E-state index contributed by atoms with van der Waals surface area (Å²) >= 11 is 0. The predicted octanol–water partition coefficient (Wildman–Crippen LogP) is 2.55. The number of methoxy groups -OCH3 is 1. The number of piperidine rings is 1. The molecule has 144 valence electrons. The Labute approximate surface area is 159 Å². The molecule has 0 bridgehead atoms. The van der Waals surface area contributed by atoms with Gasteiger partial charge in [-0.3, -0.25) is 4.79 Å². The molecular formula is C20H24N2O5. The molecule has 1 heterocycles. The molecule has 2 rings (SSSR count). The standard InChI is InChI=1S/C20H24N2O5/c1-15-5-3-4-11-22(15)19(23)14-27-20(24)9-7-16-6-8-17(26-12-10-21)18(13-16)25-2/h6-9,13,15H,3-5,11-12,14H2,1-2H3/b9-7+/t15-/m1/s1. The summed E-state index contributed by atoms with van der Waals surface area (Å²) in [4.78, 5) is 25.8. The Hall–Kier alpha value is -3.01. The maximum Gasteiger partial charge on any atom is 0.331 e. The summed E-state index contributed by atoms with van der Waals surface area (Å²) < 4.78 is 15.5. The Balaban J connectivity index is 1.88. The number of amides is 1. The van der Waals surface area contributed by atoms with E-state index in [4.69, 9.17) is 19.5 Å². The van der Waals surface area contributed by atoms with Crippen molar-refractivity contribution in [2.75, 3.05) is 26.9 Å². The zero-order valence-corrected chi connectivity index (χ0v) is 15.6. The van der Waals surface area contributed by atoms with Crippen molar-refractivity contribution in [3.63, 3.8) is 0 Å². The average Bonchev–Trinajstić information content (AvgIpc) is 2.69. The molecule has 1 amide bonds. The number of hydrogen-bond acceptors (Lipinski definition) is 6. The minimum atomic E-state index is -0.586. The van der Waals surface area contributed by atoms with Crippen LogP contribution in [0, 0.1) is 11.3 Å². The zero-order valence-electron chi connectivity index (χ0n) is 15.6. The number of carbonyl (C=O) groups excluding carboxylic acids is 2. The van der Waals surface area contributed by atoms with Crippen LogP contribution < -0.4 is 9.47 Å². The van der Waals surface area contributed by atoms with E-state index in [1.807, 2.05) is 13.0 Å². The molecule has 1 aromatic rings. The van der Waals surface area contributed by atoms with Crippen LogP contribution in [0.5, 0.6) is 11.5 Å². The van der Waals surface area contributed by atoms with Gasteiger partial charge in [0, 0.05) is 18.7 Å². The Morgan fingerprint density at radius 2 is 2.15 bits per heavy atom. The van der Waals surface area contributed by atoms with E-state index in [1.54, 1.807) is 29.2 Å². The summed E-state index contributed by atoms with van der Waals surface area (Å²) in [5, 5.41) is 8.57. The van der Waals surface area contributed by atoms with Crippen LogP contribution in [0.1, 0.15) is 31.7 Å². The second kappa shape index (κ2) is 10.2. The van der Waals surface area contributed by atoms with Crippen molar-refractivity contribution in [2.24, 2.45) is 0 Å². The van der Waals surface area contributed by atoms with Gasteiger partial charge in [-0.05, 0) is 50.0 Å². The monoisotopic (exact) mass is 372 g/mol. The Bertz CT molecular complexity index is 738. The molecule has 0 N–H and O–H groups in total. The maximum absolute atomic E-state index is 12.2. The van der Waals surface area contributed by atoms with Gasteiger partial charge in [0.25, 0.3) is 5.91 Å². The predicted molar refractivity (Wildman–Crippen MR) is 99.1 cm³/mol. The van der Waals surface area contributed by atoms with Crippen LogP contribution in [-0.2, 0) is 14.3 Å². The minimum Gasteiger partial charge on any atom is -0.493 e. The first kappa shape index (κ1) is 20.3. The lowest BCUT2D eigenvalue weighted by molar-refractivity contribution is -0.149. The van der Waals surface area contributed by atoms with Gasteiger partial charge in [0.15, 0.2) is 24.7 Å². The summed E-state index contributed by atoms with van der Waals surface area (Å²) in [6.07, 6.45) is 5.91. The van der Waals surface area contributed by atoms with Crippen molar-refractivity contribution in [3.05, 3.63) is 29.8 Å². The molecule has 0 saturated carbocycles. The molecule has 0 unspecified atom stereocenters. The summed E-state index contributed by atoms with van der Waals surface area (Å²) in [5.74, 6) is 0.149. The number of ether oxygens (including phenoxy) is 3. The molecule has 27 heavy (non-hydrogen) atoms. The van der Waals surface area contributed by atoms with E-state index in [2.05, 4.69) is 0 Å². The molecule has 7 nitrogen and oxygen atoms in total. The lowest BCUT2D eigenvalue weighted by Crippen LogP contribution is -2.44. The topological polar surface area (TPSA) is 88.9 Å². The quantitative estimate of drug-likeness (QED) is 0.540. The molecule has 1 saturated heterocycles. The number of hydrogen-bond donors (Lipinski definition) is 0. The largest absolute Gasteiger partial charge is 0.493 e. The average molecular weight is 372 g/mol. The first-order chi connectivity index (χ1) is 13.0. The first-order valence-corrected chi connectivity index (χ1v) is 8.87. The number of rotatable bonds is 7. The third kappa shape index (κ3) is 6.03. The van der Waals surface area contributed by atoms with E-state index >= 15 is 0 Å². The highest BCUT2D eigenvalue weighted by Gasteiger charge is 2.23. The van der Waals surface area contributed by atoms with E-state index in [0.29, 0.717) is 23.6 Å². The van der Waals surface area contributed by atoms with E-state index in [-0.39, 0.29) is 25.2 Å². The molecule has 1 aliphatic heterocycles. The highest BCUT2D eigenvalue weighted by atomic mass is 16.5.